The van der Waals surface area contributed by atoms with E-state index in [4.69, 9.17) is 10.8 Å². The van der Waals surface area contributed by atoms with E-state index in [0.717, 1.165) is 0 Å². The van der Waals surface area contributed by atoms with Crippen LogP contribution in [-0.4, -0.2) is 17.6 Å². The van der Waals surface area contributed by atoms with Crippen molar-refractivity contribution < 1.29 is 14.3 Å². The number of carboxylic acids is 1. The van der Waals surface area contributed by atoms with Crippen LogP contribution < -0.4 is 5.73 Å². The normalized spacial score (nSPS) is 12.5. The van der Waals surface area contributed by atoms with Gasteiger partial charge in [-0.3, -0.25) is 4.79 Å². The molecule has 0 saturated carbocycles. The Kier molecular flexibility index (Phi) is 3.82. The van der Waals surface area contributed by atoms with Gasteiger partial charge in [-0.15, -0.1) is 0 Å². The number of nitrogens with two attached hydrogens (primary N) is 1. The number of aryl methyl sites for hydroxylation is 1. The lowest BCUT2D eigenvalue weighted by atomic mass is 9.94. The summed E-state index contributed by atoms with van der Waals surface area (Å²) >= 11 is 3.02. The molecule has 82 valence electrons. The van der Waals surface area contributed by atoms with Crippen LogP contribution in [0.15, 0.2) is 16.6 Å². The van der Waals surface area contributed by atoms with Gasteiger partial charge in [0.15, 0.2) is 0 Å². The highest BCUT2D eigenvalue weighted by Crippen LogP contribution is 2.28. The quantitative estimate of drug-likeness (QED) is 0.887. The number of hydrogen-bond acceptors (Lipinski definition) is 2. The fourth-order valence-electron chi connectivity index (χ4n) is 1.43. The van der Waals surface area contributed by atoms with Gasteiger partial charge in [0.05, 0.1) is 10.4 Å². The van der Waals surface area contributed by atoms with Crippen molar-refractivity contribution in [3.8, 4) is 0 Å². The molecule has 0 amide bonds. The molecule has 5 heteroatoms. The number of hydrogen-bond donors (Lipinski definition) is 2. The Morgan fingerprint density at radius 3 is 2.73 bits per heavy atom. The molecule has 0 aromatic heterocycles. The maximum absolute atomic E-state index is 13.7. The lowest BCUT2D eigenvalue weighted by Crippen LogP contribution is -2.23. The van der Waals surface area contributed by atoms with Crippen molar-refractivity contribution in [1.29, 1.82) is 0 Å². The Balaban J connectivity index is 3.34. The predicted molar refractivity (Wildman–Crippen MR) is 58.3 cm³/mol. The molecular weight excluding hydrogens is 265 g/mol. The fourth-order valence-corrected chi connectivity index (χ4v) is 1.78. The third kappa shape index (κ3) is 2.35. The van der Waals surface area contributed by atoms with Crippen molar-refractivity contribution in [2.75, 3.05) is 6.54 Å². The van der Waals surface area contributed by atoms with Crippen molar-refractivity contribution in [3.05, 3.63) is 33.5 Å². The topological polar surface area (TPSA) is 63.3 Å². The van der Waals surface area contributed by atoms with Crippen LogP contribution in [0.1, 0.15) is 17.0 Å². The molecule has 0 aliphatic carbocycles. The number of benzene rings is 1. The van der Waals surface area contributed by atoms with Gasteiger partial charge in [0.2, 0.25) is 0 Å². The minimum Gasteiger partial charge on any atom is -0.481 e. The monoisotopic (exact) mass is 275 g/mol. The summed E-state index contributed by atoms with van der Waals surface area (Å²) in [4.78, 5) is 10.9. The van der Waals surface area contributed by atoms with Crippen LogP contribution in [0.3, 0.4) is 0 Å². The van der Waals surface area contributed by atoms with Gasteiger partial charge in [0.25, 0.3) is 0 Å². The van der Waals surface area contributed by atoms with Gasteiger partial charge in [-0.1, -0.05) is 6.07 Å². The van der Waals surface area contributed by atoms with Gasteiger partial charge in [-0.2, -0.15) is 0 Å². The van der Waals surface area contributed by atoms with E-state index in [1.807, 2.05) is 0 Å². The van der Waals surface area contributed by atoms with E-state index in [9.17, 15) is 9.18 Å². The number of carbonyl (C=O) groups is 1. The van der Waals surface area contributed by atoms with Gasteiger partial charge in [0, 0.05) is 12.1 Å². The Labute approximate surface area is 95.2 Å². The van der Waals surface area contributed by atoms with Gasteiger partial charge < -0.3 is 10.8 Å². The molecule has 0 bridgehead atoms. The largest absolute Gasteiger partial charge is 0.481 e. The molecule has 0 aliphatic rings. The van der Waals surface area contributed by atoms with Crippen LogP contribution in [0.2, 0.25) is 0 Å². The van der Waals surface area contributed by atoms with Crippen molar-refractivity contribution in [2.45, 2.75) is 12.8 Å². The van der Waals surface area contributed by atoms with Crippen molar-refractivity contribution in [3.63, 3.8) is 0 Å². The van der Waals surface area contributed by atoms with E-state index < -0.39 is 17.7 Å². The van der Waals surface area contributed by atoms with E-state index in [2.05, 4.69) is 15.9 Å². The second-order valence-electron chi connectivity index (χ2n) is 3.22. The Hall–Kier alpha value is -0.940. The molecule has 0 saturated heterocycles. The average Bonchev–Trinajstić information content (AvgIpc) is 2.18. The molecule has 15 heavy (non-hydrogen) atoms. The molecule has 1 unspecified atom stereocenters. The van der Waals surface area contributed by atoms with Gasteiger partial charge in [0.1, 0.15) is 5.82 Å². The molecule has 0 radical (unpaired) electrons. The second-order valence-corrected chi connectivity index (χ2v) is 4.07. The molecule has 0 heterocycles. The molecular formula is C10H11BrFNO2. The highest BCUT2D eigenvalue weighted by atomic mass is 79.9. The summed E-state index contributed by atoms with van der Waals surface area (Å²) in [6, 6.07) is 3.21. The maximum Gasteiger partial charge on any atom is 0.312 e. The third-order valence-corrected chi connectivity index (χ3v) is 2.85. The summed E-state index contributed by atoms with van der Waals surface area (Å²) in [6.07, 6.45) is 0. The van der Waals surface area contributed by atoms with Crippen LogP contribution in [0.25, 0.3) is 0 Å². The van der Waals surface area contributed by atoms with E-state index in [-0.39, 0.29) is 16.6 Å². The molecule has 1 aromatic carbocycles. The zero-order chi connectivity index (χ0) is 11.6. The highest BCUT2D eigenvalue weighted by molar-refractivity contribution is 9.10. The first-order valence-electron chi connectivity index (χ1n) is 4.36. The number of rotatable bonds is 3. The molecule has 1 aromatic rings. The smallest absolute Gasteiger partial charge is 0.312 e. The molecule has 3 nitrogen and oxygen atoms in total. The minimum atomic E-state index is -1.11. The van der Waals surface area contributed by atoms with Crippen LogP contribution in [0.5, 0.6) is 0 Å². The van der Waals surface area contributed by atoms with E-state index in [1.54, 1.807) is 19.1 Å². The summed E-state index contributed by atoms with van der Waals surface area (Å²) in [5, 5.41) is 8.90. The van der Waals surface area contributed by atoms with Crippen molar-refractivity contribution in [2.24, 2.45) is 5.73 Å². The van der Waals surface area contributed by atoms with E-state index >= 15 is 0 Å². The van der Waals surface area contributed by atoms with Crippen molar-refractivity contribution in [1.82, 2.24) is 0 Å². The first kappa shape index (κ1) is 12.1. The van der Waals surface area contributed by atoms with Crippen molar-refractivity contribution >= 4 is 21.9 Å². The first-order valence-corrected chi connectivity index (χ1v) is 5.15. The number of halogens is 2. The maximum atomic E-state index is 13.7. The molecule has 3 N–H and O–H groups in total. The molecule has 0 fully saturated rings. The molecule has 0 aliphatic heterocycles. The second kappa shape index (κ2) is 4.72. The summed E-state index contributed by atoms with van der Waals surface area (Å²) in [5.74, 6) is -2.66. The lowest BCUT2D eigenvalue weighted by Gasteiger charge is -2.14. The van der Waals surface area contributed by atoms with E-state index in [1.165, 1.54) is 0 Å². The Bertz CT molecular complexity index is 395. The molecule has 0 spiro atoms. The minimum absolute atomic E-state index is 0.121. The zero-order valence-electron chi connectivity index (χ0n) is 8.13. The molecule has 1 atom stereocenters. The Morgan fingerprint density at radius 2 is 2.27 bits per heavy atom. The predicted octanol–water partition coefficient (Wildman–Crippen LogP) is 2.02. The summed E-state index contributed by atoms with van der Waals surface area (Å²) in [6.45, 7) is 1.54. The van der Waals surface area contributed by atoms with E-state index in [0.29, 0.717) is 5.56 Å². The Morgan fingerprint density at radius 1 is 1.67 bits per heavy atom. The average molecular weight is 276 g/mol. The highest BCUT2D eigenvalue weighted by Gasteiger charge is 2.24. The van der Waals surface area contributed by atoms with Gasteiger partial charge >= 0.3 is 5.97 Å². The third-order valence-electron chi connectivity index (χ3n) is 2.23. The SMILES string of the molecule is Cc1ccc(Br)c(F)c1C(CN)C(=O)O. The fraction of sp³-hybridized carbons (Fsp3) is 0.300. The number of aliphatic carboxylic acids is 1. The standard InChI is InChI=1S/C10H11BrFNO2/c1-5-2-3-7(11)9(12)8(5)6(4-13)10(14)15/h2-3,6H,4,13H2,1H3,(H,14,15). The van der Waals surface area contributed by atoms with Crippen LogP contribution >= 0.6 is 15.9 Å². The molecule has 1 rings (SSSR count). The van der Waals surface area contributed by atoms with Gasteiger partial charge in [-0.25, -0.2) is 4.39 Å². The lowest BCUT2D eigenvalue weighted by molar-refractivity contribution is -0.138. The first-order chi connectivity index (χ1) is 6.99. The number of carboxylic acid groups (broad SMARTS) is 1. The summed E-state index contributed by atoms with van der Waals surface area (Å²) in [5.41, 5.74) is 6.07. The zero-order valence-corrected chi connectivity index (χ0v) is 9.71. The van der Waals surface area contributed by atoms with Crippen LogP contribution in [0, 0.1) is 12.7 Å². The van der Waals surface area contributed by atoms with Crippen LogP contribution in [0.4, 0.5) is 4.39 Å². The van der Waals surface area contributed by atoms with Gasteiger partial charge in [-0.05, 0) is 34.5 Å². The summed E-state index contributed by atoms with van der Waals surface area (Å²) < 4.78 is 13.9. The summed E-state index contributed by atoms with van der Waals surface area (Å²) in [7, 11) is 0. The van der Waals surface area contributed by atoms with Crippen LogP contribution in [-0.2, 0) is 4.79 Å².